The van der Waals surface area contributed by atoms with Gasteiger partial charge in [-0.2, -0.15) is 0 Å². The molecule has 1 fully saturated rings. The molecule has 0 aromatic heterocycles. The summed E-state index contributed by atoms with van der Waals surface area (Å²) in [6.07, 6.45) is 6.44. The third-order valence-corrected chi connectivity index (χ3v) is 4.72. The molecule has 0 saturated heterocycles. The first-order chi connectivity index (χ1) is 9.69. The fourth-order valence-electron chi connectivity index (χ4n) is 3.55. The number of benzene rings is 1. The van der Waals surface area contributed by atoms with Gasteiger partial charge in [0, 0.05) is 6.04 Å². The van der Waals surface area contributed by atoms with Crippen molar-refractivity contribution in [2.75, 3.05) is 14.2 Å². The summed E-state index contributed by atoms with van der Waals surface area (Å²) in [7, 11) is 3.51. The monoisotopic (exact) mass is 279 g/mol. The van der Waals surface area contributed by atoms with Gasteiger partial charge in [-0.3, -0.25) is 0 Å². The van der Waals surface area contributed by atoms with Crippen molar-refractivity contribution < 1.29 is 9.13 Å². The Morgan fingerprint density at radius 2 is 2.20 bits per heavy atom. The average Bonchev–Trinajstić information content (AvgIpc) is 2.50. The molecule has 1 N–H and O–H groups in total. The number of nitrogens with one attached hydrogen (secondary N) is 1. The highest BCUT2D eigenvalue weighted by Gasteiger charge is 2.28. The molecule has 0 heterocycles. The van der Waals surface area contributed by atoms with Crippen molar-refractivity contribution in [3.8, 4) is 5.75 Å². The van der Waals surface area contributed by atoms with Crippen LogP contribution in [0.25, 0.3) is 0 Å². The van der Waals surface area contributed by atoms with Crippen LogP contribution in [0, 0.1) is 17.7 Å². The van der Waals surface area contributed by atoms with Crippen LogP contribution in [-0.2, 0) is 0 Å². The Morgan fingerprint density at radius 1 is 1.40 bits per heavy atom. The summed E-state index contributed by atoms with van der Waals surface area (Å²) >= 11 is 0. The molecule has 0 bridgehead atoms. The molecule has 2 nitrogen and oxygen atoms in total. The van der Waals surface area contributed by atoms with Crippen LogP contribution in [0.2, 0.25) is 0 Å². The molecule has 1 aromatic rings. The summed E-state index contributed by atoms with van der Waals surface area (Å²) in [4.78, 5) is 0. The Bertz CT molecular complexity index is 435. The van der Waals surface area contributed by atoms with Crippen LogP contribution in [0.4, 0.5) is 4.39 Å². The number of methoxy groups -OCH3 is 1. The van der Waals surface area contributed by atoms with E-state index in [1.165, 1.54) is 45.3 Å². The van der Waals surface area contributed by atoms with Crippen molar-refractivity contribution >= 4 is 0 Å². The molecule has 1 saturated carbocycles. The van der Waals surface area contributed by atoms with Gasteiger partial charge in [0.2, 0.25) is 0 Å². The maximum absolute atomic E-state index is 13.6. The number of halogens is 1. The fraction of sp³-hybridized carbons (Fsp3) is 0.647. The lowest BCUT2D eigenvalue weighted by molar-refractivity contribution is 0.214. The molecule has 3 heteroatoms. The fourth-order valence-corrected chi connectivity index (χ4v) is 3.55. The molecule has 0 aliphatic heterocycles. The topological polar surface area (TPSA) is 21.3 Å². The third kappa shape index (κ3) is 3.32. The van der Waals surface area contributed by atoms with E-state index in [1.807, 2.05) is 19.2 Å². The lowest BCUT2D eigenvalue weighted by Crippen LogP contribution is -2.29. The predicted molar refractivity (Wildman–Crippen MR) is 80.5 cm³/mol. The van der Waals surface area contributed by atoms with E-state index in [-0.39, 0.29) is 5.82 Å². The minimum Gasteiger partial charge on any atom is -0.494 e. The van der Waals surface area contributed by atoms with Crippen LogP contribution in [-0.4, -0.2) is 14.2 Å². The van der Waals surface area contributed by atoms with Gasteiger partial charge in [0.25, 0.3) is 0 Å². The first-order valence-corrected chi connectivity index (χ1v) is 7.70. The Kier molecular flexibility index (Phi) is 5.41. The zero-order valence-corrected chi connectivity index (χ0v) is 12.8. The van der Waals surface area contributed by atoms with E-state index in [0.717, 1.165) is 11.5 Å². The molecule has 1 aliphatic rings. The summed E-state index contributed by atoms with van der Waals surface area (Å²) in [6, 6.07) is 5.53. The van der Waals surface area contributed by atoms with Crippen molar-refractivity contribution in [2.24, 2.45) is 11.8 Å². The molecule has 1 aromatic carbocycles. The second-order valence-corrected chi connectivity index (χ2v) is 5.86. The molecule has 20 heavy (non-hydrogen) atoms. The Morgan fingerprint density at radius 3 is 2.85 bits per heavy atom. The van der Waals surface area contributed by atoms with Gasteiger partial charge in [0.15, 0.2) is 11.6 Å². The van der Waals surface area contributed by atoms with Crippen LogP contribution in [0.3, 0.4) is 0 Å². The van der Waals surface area contributed by atoms with Gasteiger partial charge in [0.05, 0.1) is 7.11 Å². The van der Waals surface area contributed by atoms with Gasteiger partial charge in [0.1, 0.15) is 0 Å². The zero-order chi connectivity index (χ0) is 14.5. The van der Waals surface area contributed by atoms with Gasteiger partial charge >= 0.3 is 0 Å². The first-order valence-electron chi connectivity index (χ1n) is 7.70. The summed E-state index contributed by atoms with van der Waals surface area (Å²) in [5.41, 5.74) is 1.13. The normalized spacial score (nSPS) is 24.4. The number of hydrogen-bond acceptors (Lipinski definition) is 2. The maximum Gasteiger partial charge on any atom is 0.165 e. The van der Waals surface area contributed by atoms with Gasteiger partial charge in [-0.1, -0.05) is 32.3 Å². The molecule has 3 atom stereocenters. The van der Waals surface area contributed by atoms with Crippen LogP contribution in [0.15, 0.2) is 18.2 Å². The molecular weight excluding hydrogens is 253 g/mol. The van der Waals surface area contributed by atoms with Gasteiger partial charge in [-0.25, -0.2) is 4.39 Å². The summed E-state index contributed by atoms with van der Waals surface area (Å²) < 4.78 is 18.7. The predicted octanol–water partition coefficient (Wildman–Crippen LogP) is 4.31. The summed E-state index contributed by atoms with van der Waals surface area (Å²) in [5.74, 6) is 1.52. The molecule has 112 valence electrons. The average molecular weight is 279 g/mol. The maximum atomic E-state index is 13.6. The molecular formula is C17H26FNO. The van der Waals surface area contributed by atoms with E-state index < -0.39 is 0 Å². The lowest BCUT2D eigenvalue weighted by Gasteiger charge is -2.34. The van der Waals surface area contributed by atoms with Crippen molar-refractivity contribution in [3.05, 3.63) is 29.6 Å². The van der Waals surface area contributed by atoms with E-state index in [4.69, 9.17) is 4.74 Å². The van der Waals surface area contributed by atoms with Gasteiger partial charge < -0.3 is 10.1 Å². The summed E-state index contributed by atoms with van der Waals surface area (Å²) in [5, 5.41) is 3.43. The molecule has 2 rings (SSSR count). The highest BCUT2D eigenvalue weighted by atomic mass is 19.1. The van der Waals surface area contributed by atoms with Crippen LogP contribution in [0.1, 0.15) is 50.6 Å². The molecule has 1 aliphatic carbocycles. The zero-order valence-electron chi connectivity index (χ0n) is 12.8. The van der Waals surface area contributed by atoms with Crippen molar-refractivity contribution in [2.45, 2.75) is 45.1 Å². The van der Waals surface area contributed by atoms with Crippen molar-refractivity contribution in [3.63, 3.8) is 0 Å². The largest absolute Gasteiger partial charge is 0.494 e. The molecule has 3 unspecified atom stereocenters. The van der Waals surface area contributed by atoms with E-state index in [2.05, 4.69) is 12.2 Å². The lowest BCUT2D eigenvalue weighted by atomic mass is 9.75. The second-order valence-electron chi connectivity index (χ2n) is 5.86. The highest BCUT2D eigenvalue weighted by molar-refractivity contribution is 5.32. The second kappa shape index (κ2) is 7.07. The quantitative estimate of drug-likeness (QED) is 0.867. The minimum absolute atomic E-state index is 0.291. The van der Waals surface area contributed by atoms with E-state index >= 15 is 0 Å². The van der Waals surface area contributed by atoms with Crippen LogP contribution in [0.5, 0.6) is 5.75 Å². The Hall–Kier alpha value is -1.09. The first kappa shape index (κ1) is 15.3. The van der Waals surface area contributed by atoms with Crippen LogP contribution < -0.4 is 10.1 Å². The van der Waals surface area contributed by atoms with Crippen LogP contribution >= 0.6 is 0 Å². The van der Waals surface area contributed by atoms with E-state index in [1.54, 1.807) is 0 Å². The van der Waals surface area contributed by atoms with Crippen molar-refractivity contribution in [1.29, 1.82) is 0 Å². The third-order valence-electron chi connectivity index (χ3n) is 4.72. The smallest absolute Gasteiger partial charge is 0.165 e. The molecule has 0 radical (unpaired) electrons. The van der Waals surface area contributed by atoms with Gasteiger partial charge in [-0.15, -0.1) is 0 Å². The highest BCUT2D eigenvalue weighted by Crippen LogP contribution is 2.39. The van der Waals surface area contributed by atoms with E-state index in [0.29, 0.717) is 17.7 Å². The Labute approximate surface area is 121 Å². The molecule has 0 spiro atoms. The van der Waals surface area contributed by atoms with Gasteiger partial charge in [-0.05, 0) is 49.4 Å². The Balaban J connectivity index is 2.18. The number of rotatable bonds is 5. The number of hydrogen-bond donors (Lipinski definition) is 1. The standard InChI is InChI=1S/C17H26FNO/c1-4-12-6-5-7-13(10-12)17(19-2)14-8-9-15(18)16(11-14)20-3/h8-9,11-13,17,19H,4-7,10H2,1-3H3. The SMILES string of the molecule is CCC1CCCC(C(NC)c2ccc(F)c(OC)c2)C1. The summed E-state index contributed by atoms with van der Waals surface area (Å²) in [6.45, 7) is 2.28. The van der Waals surface area contributed by atoms with Crippen molar-refractivity contribution in [1.82, 2.24) is 5.32 Å². The minimum atomic E-state index is -0.291. The molecule has 0 amide bonds. The van der Waals surface area contributed by atoms with E-state index in [9.17, 15) is 4.39 Å². The number of ether oxygens (including phenoxy) is 1.